The van der Waals surface area contributed by atoms with Crippen molar-refractivity contribution in [2.75, 3.05) is 18.4 Å². The van der Waals surface area contributed by atoms with Crippen LogP contribution in [0.3, 0.4) is 0 Å². The minimum atomic E-state index is -0.205. The SMILES string of the molecule is Cc1cc(NC(=O)CN(CC2CCCCC2)C(=O)C2CC2)no1. The lowest BCUT2D eigenvalue weighted by Gasteiger charge is -2.29. The van der Waals surface area contributed by atoms with Crippen LogP contribution in [0.5, 0.6) is 0 Å². The number of nitrogens with one attached hydrogen (secondary N) is 1. The van der Waals surface area contributed by atoms with Gasteiger partial charge in [-0.2, -0.15) is 0 Å². The molecule has 0 radical (unpaired) electrons. The van der Waals surface area contributed by atoms with Crippen molar-refractivity contribution in [3.05, 3.63) is 11.8 Å². The molecular weight excluding hydrogens is 294 g/mol. The Balaban J connectivity index is 1.57. The number of aromatic nitrogens is 1. The van der Waals surface area contributed by atoms with E-state index in [0.29, 0.717) is 24.0 Å². The highest BCUT2D eigenvalue weighted by Gasteiger charge is 2.35. The number of anilines is 1. The summed E-state index contributed by atoms with van der Waals surface area (Å²) in [6.07, 6.45) is 8.02. The number of carbonyl (C=O) groups is 2. The smallest absolute Gasteiger partial charge is 0.245 e. The Bertz CT molecular complexity index is 559. The van der Waals surface area contributed by atoms with Crippen molar-refractivity contribution >= 4 is 17.6 Å². The van der Waals surface area contributed by atoms with Gasteiger partial charge >= 0.3 is 0 Å². The summed E-state index contributed by atoms with van der Waals surface area (Å²) < 4.78 is 4.94. The molecule has 23 heavy (non-hydrogen) atoms. The van der Waals surface area contributed by atoms with E-state index in [4.69, 9.17) is 4.52 Å². The third-order valence-corrected chi connectivity index (χ3v) is 4.67. The lowest BCUT2D eigenvalue weighted by Crippen LogP contribution is -2.42. The Morgan fingerprint density at radius 3 is 2.61 bits per heavy atom. The zero-order valence-electron chi connectivity index (χ0n) is 13.7. The number of aryl methyl sites for hydroxylation is 1. The molecule has 0 unspecified atom stereocenters. The van der Waals surface area contributed by atoms with E-state index in [1.165, 1.54) is 32.1 Å². The molecule has 0 bridgehead atoms. The highest BCUT2D eigenvalue weighted by molar-refractivity contribution is 5.94. The van der Waals surface area contributed by atoms with Crippen LogP contribution in [-0.2, 0) is 9.59 Å². The number of rotatable bonds is 6. The standard InChI is InChI=1S/C17H25N3O3/c1-12-9-15(19-23-12)18-16(21)11-20(17(22)14-7-8-14)10-13-5-3-2-4-6-13/h9,13-14H,2-8,10-11H2,1H3,(H,18,19,21). The first-order chi connectivity index (χ1) is 11.1. The van der Waals surface area contributed by atoms with Crippen molar-refractivity contribution in [1.82, 2.24) is 10.1 Å². The molecule has 2 aliphatic rings. The quantitative estimate of drug-likeness (QED) is 0.875. The molecule has 0 aliphatic heterocycles. The van der Waals surface area contributed by atoms with Gasteiger partial charge in [-0.1, -0.05) is 24.4 Å². The summed E-state index contributed by atoms with van der Waals surface area (Å²) >= 11 is 0. The zero-order chi connectivity index (χ0) is 16.2. The van der Waals surface area contributed by atoms with Gasteiger partial charge in [0.1, 0.15) is 5.76 Å². The topological polar surface area (TPSA) is 75.4 Å². The minimum Gasteiger partial charge on any atom is -0.360 e. The van der Waals surface area contributed by atoms with Gasteiger partial charge in [0.2, 0.25) is 11.8 Å². The van der Waals surface area contributed by atoms with Crippen molar-refractivity contribution < 1.29 is 14.1 Å². The number of hydrogen-bond acceptors (Lipinski definition) is 4. The molecule has 0 atom stereocenters. The van der Waals surface area contributed by atoms with Crippen molar-refractivity contribution in [3.8, 4) is 0 Å². The molecule has 0 aromatic carbocycles. The lowest BCUT2D eigenvalue weighted by molar-refractivity contribution is -0.136. The van der Waals surface area contributed by atoms with Gasteiger partial charge in [-0.05, 0) is 38.5 Å². The average Bonchev–Trinajstić information content (AvgIpc) is 3.30. The molecule has 1 N–H and O–H groups in total. The molecule has 0 saturated heterocycles. The molecule has 3 rings (SSSR count). The van der Waals surface area contributed by atoms with Crippen molar-refractivity contribution in [3.63, 3.8) is 0 Å². The van der Waals surface area contributed by atoms with Crippen molar-refractivity contribution in [2.24, 2.45) is 11.8 Å². The number of hydrogen-bond donors (Lipinski definition) is 1. The number of nitrogens with zero attached hydrogens (tertiary/aromatic N) is 2. The highest BCUT2D eigenvalue weighted by Crippen LogP contribution is 2.32. The molecule has 1 aromatic rings. The molecule has 2 amide bonds. The second kappa shape index (κ2) is 7.15. The summed E-state index contributed by atoms with van der Waals surface area (Å²) in [5.41, 5.74) is 0. The van der Waals surface area contributed by atoms with Crippen LogP contribution in [-0.4, -0.2) is 35.0 Å². The minimum absolute atomic E-state index is 0.109. The van der Waals surface area contributed by atoms with Crippen molar-refractivity contribution in [2.45, 2.75) is 51.9 Å². The lowest BCUT2D eigenvalue weighted by atomic mass is 9.89. The van der Waals surface area contributed by atoms with Gasteiger partial charge in [-0.25, -0.2) is 0 Å². The normalized spacial score (nSPS) is 18.7. The first kappa shape index (κ1) is 16.0. The summed E-state index contributed by atoms with van der Waals surface area (Å²) in [5.74, 6) is 1.66. The maximum Gasteiger partial charge on any atom is 0.245 e. The molecule has 1 heterocycles. The van der Waals surface area contributed by atoms with Gasteiger partial charge in [-0.3, -0.25) is 9.59 Å². The van der Waals surface area contributed by atoms with Gasteiger partial charge in [-0.15, -0.1) is 0 Å². The van der Waals surface area contributed by atoms with Gasteiger partial charge in [0.15, 0.2) is 5.82 Å². The van der Waals surface area contributed by atoms with Crippen LogP contribution in [0.15, 0.2) is 10.6 Å². The summed E-state index contributed by atoms with van der Waals surface area (Å²) in [6.45, 7) is 2.59. The zero-order valence-corrected chi connectivity index (χ0v) is 13.7. The first-order valence-electron chi connectivity index (χ1n) is 8.64. The summed E-state index contributed by atoms with van der Waals surface area (Å²) in [6, 6.07) is 1.67. The van der Waals surface area contributed by atoms with Crippen LogP contribution in [0, 0.1) is 18.8 Å². The molecule has 2 fully saturated rings. The first-order valence-corrected chi connectivity index (χ1v) is 8.64. The van der Waals surface area contributed by atoms with Gasteiger partial charge in [0.05, 0.1) is 6.54 Å². The van der Waals surface area contributed by atoms with E-state index in [0.717, 1.165) is 12.8 Å². The van der Waals surface area contributed by atoms with Crippen LogP contribution in [0.25, 0.3) is 0 Å². The molecular formula is C17H25N3O3. The molecule has 126 valence electrons. The van der Waals surface area contributed by atoms with E-state index in [1.807, 2.05) is 0 Å². The third kappa shape index (κ3) is 4.56. The highest BCUT2D eigenvalue weighted by atomic mass is 16.5. The Morgan fingerprint density at radius 1 is 1.26 bits per heavy atom. The van der Waals surface area contributed by atoms with Crippen LogP contribution < -0.4 is 5.32 Å². The summed E-state index contributed by atoms with van der Waals surface area (Å²) in [5, 5.41) is 6.47. The Hall–Kier alpha value is -1.85. The van der Waals surface area contributed by atoms with Crippen LogP contribution in [0.2, 0.25) is 0 Å². The fourth-order valence-electron chi connectivity index (χ4n) is 3.28. The summed E-state index contributed by atoms with van der Waals surface area (Å²) in [4.78, 5) is 26.5. The Kier molecular flexibility index (Phi) is 4.98. The Labute approximate surface area is 136 Å². The van der Waals surface area contributed by atoms with E-state index < -0.39 is 0 Å². The van der Waals surface area contributed by atoms with Crippen LogP contribution >= 0.6 is 0 Å². The van der Waals surface area contributed by atoms with E-state index in [1.54, 1.807) is 17.9 Å². The largest absolute Gasteiger partial charge is 0.360 e. The molecule has 2 aliphatic carbocycles. The van der Waals surface area contributed by atoms with E-state index in [-0.39, 0.29) is 24.3 Å². The maximum atomic E-state index is 12.5. The fraction of sp³-hybridized carbons (Fsp3) is 0.706. The summed E-state index contributed by atoms with van der Waals surface area (Å²) in [7, 11) is 0. The predicted molar refractivity (Wildman–Crippen MR) is 85.7 cm³/mol. The van der Waals surface area contributed by atoms with Crippen molar-refractivity contribution in [1.29, 1.82) is 0 Å². The van der Waals surface area contributed by atoms with E-state index in [2.05, 4.69) is 10.5 Å². The predicted octanol–water partition coefficient (Wildman–Crippen LogP) is 2.74. The monoisotopic (exact) mass is 319 g/mol. The number of carbonyl (C=O) groups excluding carboxylic acids is 2. The maximum absolute atomic E-state index is 12.5. The van der Waals surface area contributed by atoms with Crippen LogP contribution in [0.4, 0.5) is 5.82 Å². The van der Waals surface area contributed by atoms with Gasteiger partial charge in [0, 0.05) is 18.5 Å². The van der Waals surface area contributed by atoms with Gasteiger partial charge < -0.3 is 14.7 Å². The molecule has 0 spiro atoms. The Morgan fingerprint density at radius 2 is 2.00 bits per heavy atom. The van der Waals surface area contributed by atoms with Gasteiger partial charge in [0.25, 0.3) is 0 Å². The average molecular weight is 319 g/mol. The third-order valence-electron chi connectivity index (χ3n) is 4.67. The second-order valence-electron chi connectivity index (χ2n) is 6.87. The molecule has 6 heteroatoms. The second-order valence-corrected chi connectivity index (χ2v) is 6.87. The van der Waals surface area contributed by atoms with Crippen LogP contribution in [0.1, 0.15) is 50.7 Å². The van der Waals surface area contributed by atoms with E-state index >= 15 is 0 Å². The number of amides is 2. The van der Waals surface area contributed by atoms with E-state index in [9.17, 15) is 9.59 Å². The molecule has 1 aromatic heterocycles. The molecule has 6 nitrogen and oxygen atoms in total. The fourth-order valence-corrected chi connectivity index (χ4v) is 3.28. The molecule has 2 saturated carbocycles.